The van der Waals surface area contributed by atoms with Crippen molar-refractivity contribution >= 4 is 23.2 Å². The molecule has 1 N–H and O–H groups in total. The Morgan fingerprint density at radius 3 is 2.36 bits per heavy atom. The molecule has 1 saturated heterocycles. The summed E-state index contributed by atoms with van der Waals surface area (Å²) >= 11 is 0. The van der Waals surface area contributed by atoms with Gasteiger partial charge in [0.2, 0.25) is 0 Å². The van der Waals surface area contributed by atoms with Crippen molar-refractivity contribution in [2.75, 3.05) is 37.6 Å². The lowest BCUT2D eigenvalue weighted by Crippen LogP contribution is -2.49. The van der Waals surface area contributed by atoms with Gasteiger partial charge in [0, 0.05) is 73.8 Å². The number of benzene rings is 2. The van der Waals surface area contributed by atoms with E-state index in [1.54, 1.807) is 4.90 Å². The Kier molecular flexibility index (Phi) is 6.17. The maximum absolute atomic E-state index is 13.4. The molecule has 10 nitrogen and oxygen atoms in total. The first-order chi connectivity index (χ1) is 17.3. The molecule has 0 saturated carbocycles. The highest BCUT2D eigenvalue weighted by Crippen LogP contribution is 2.26. The van der Waals surface area contributed by atoms with Crippen molar-refractivity contribution in [3.05, 3.63) is 86.2 Å². The fraction of sp³-hybridized carbons (Fsp3) is 0.346. The van der Waals surface area contributed by atoms with Gasteiger partial charge in [-0.3, -0.25) is 24.8 Å². The van der Waals surface area contributed by atoms with Gasteiger partial charge in [-0.2, -0.15) is 5.10 Å². The van der Waals surface area contributed by atoms with Gasteiger partial charge >= 0.3 is 0 Å². The third-order valence-corrected chi connectivity index (χ3v) is 7.02. The van der Waals surface area contributed by atoms with Crippen molar-refractivity contribution in [3.8, 4) is 0 Å². The average molecular weight is 489 g/mol. The third-order valence-electron chi connectivity index (χ3n) is 7.02. The summed E-state index contributed by atoms with van der Waals surface area (Å²) in [5, 5.41) is 18.2. The third kappa shape index (κ3) is 4.41. The Morgan fingerprint density at radius 1 is 0.944 bits per heavy atom. The molecule has 0 atom stereocenters. The standard InChI is InChI=1S/C26H28N6O4/c1-17-3-4-18(2)23(15-17)29-11-13-30(14-12-29)26(34)24-21-16-31(10-9-22(21)27-28-24)25(33)19-5-7-20(8-6-19)32(35)36/h3-8,15H,9-14,16H2,1-2H3,(H,27,28). The van der Waals surface area contributed by atoms with Gasteiger partial charge in [0.05, 0.1) is 11.5 Å². The number of nitrogens with one attached hydrogen (secondary N) is 1. The summed E-state index contributed by atoms with van der Waals surface area (Å²) in [5.41, 5.74) is 5.95. The number of non-ortho nitro benzene ring substituents is 1. The van der Waals surface area contributed by atoms with Crippen molar-refractivity contribution in [3.63, 3.8) is 0 Å². The van der Waals surface area contributed by atoms with Crippen molar-refractivity contribution in [1.82, 2.24) is 20.0 Å². The Bertz CT molecular complexity index is 1320. The van der Waals surface area contributed by atoms with Gasteiger partial charge in [0.1, 0.15) is 0 Å². The molecular formula is C26H28N6O4. The van der Waals surface area contributed by atoms with Crippen LogP contribution in [0, 0.1) is 24.0 Å². The van der Waals surface area contributed by atoms with Crippen LogP contribution in [0.15, 0.2) is 42.5 Å². The van der Waals surface area contributed by atoms with Crippen LogP contribution in [0.1, 0.15) is 43.2 Å². The van der Waals surface area contributed by atoms with Crippen LogP contribution in [0.3, 0.4) is 0 Å². The van der Waals surface area contributed by atoms with Crippen molar-refractivity contribution in [2.45, 2.75) is 26.8 Å². The number of fused-ring (bicyclic) bond motifs is 1. The monoisotopic (exact) mass is 488 g/mol. The molecule has 10 heteroatoms. The van der Waals surface area contributed by atoms with E-state index >= 15 is 0 Å². The number of aromatic amines is 1. The van der Waals surface area contributed by atoms with Crippen LogP contribution in [0.25, 0.3) is 0 Å². The quantitative estimate of drug-likeness (QED) is 0.446. The van der Waals surface area contributed by atoms with Crippen LogP contribution >= 0.6 is 0 Å². The van der Waals surface area contributed by atoms with Crippen molar-refractivity contribution in [2.24, 2.45) is 0 Å². The second-order valence-electron chi connectivity index (χ2n) is 9.38. The van der Waals surface area contributed by atoms with Crippen molar-refractivity contribution in [1.29, 1.82) is 0 Å². The molecule has 36 heavy (non-hydrogen) atoms. The Labute approximate surface area is 208 Å². The van der Waals surface area contributed by atoms with E-state index in [2.05, 4.69) is 47.1 Å². The highest BCUT2D eigenvalue weighted by molar-refractivity contribution is 5.96. The molecular weight excluding hydrogens is 460 g/mol. The topological polar surface area (TPSA) is 116 Å². The predicted octanol–water partition coefficient (Wildman–Crippen LogP) is 3.10. The predicted molar refractivity (Wildman–Crippen MR) is 134 cm³/mol. The first kappa shape index (κ1) is 23.5. The number of aromatic nitrogens is 2. The number of nitro benzene ring substituents is 1. The van der Waals surface area contributed by atoms with Gasteiger partial charge in [0.15, 0.2) is 5.69 Å². The zero-order valence-corrected chi connectivity index (χ0v) is 20.4. The van der Waals surface area contributed by atoms with Gasteiger partial charge in [-0.05, 0) is 43.2 Å². The van der Waals surface area contributed by atoms with Gasteiger partial charge in [0.25, 0.3) is 17.5 Å². The number of hydrogen-bond acceptors (Lipinski definition) is 6. The molecule has 5 rings (SSSR count). The maximum atomic E-state index is 13.4. The normalized spacial score (nSPS) is 15.6. The van der Waals surface area contributed by atoms with Crippen LogP contribution < -0.4 is 4.90 Å². The number of amides is 2. The van der Waals surface area contributed by atoms with E-state index in [1.165, 1.54) is 41.1 Å². The zero-order chi connectivity index (χ0) is 25.4. The average Bonchev–Trinajstić information content (AvgIpc) is 3.32. The summed E-state index contributed by atoms with van der Waals surface area (Å²) < 4.78 is 0. The van der Waals surface area contributed by atoms with E-state index in [9.17, 15) is 19.7 Å². The lowest BCUT2D eigenvalue weighted by Gasteiger charge is -2.37. The minimum atomic E-state index is -0.493. The SMILES string of the molecule is Cc1ccc(C)c(N2CCN(C(=O)c3n[nH]c4c3CN(C(=O)c3ccc([N+](=O)[O-])cc3)CC4)CC2)c1. The number of carbonyl (C=O) groups excluding carboxylic acids is 2. The minimum Gasteiger partial charge on any atom is -0.368 e. The van der Waals surface area contributed by atoms with Gasteiger partial charge in [-0.25, -0.2) is 0 Å². The lowest BCUT2D eigenvalue weighted by atomic mass is 10.0. The fourth-order valence-corrected chi connectivity index (χ4v) is 4.91. The molecule has 2 aliphatic heterocycles. The highest BCUT2D eigenvalue weighted by atomic mass is 16.6. The molecule has 0 radical (unpaired) electrons. The van der Waals surface area contributed by atoms with E-state index in [0.717, 1.165) is 24.3 Å². The van der Waals surface area contributed by atoms with E-state index in [4.69, 9.17) is 0 Å². The highest BCUT2D eigenvalue weighted by Gasteiger charge is 2.31. The Morgan fingerprint density at radius 2 is 1.67 bits per heavy atom. The smallest absolute Gasteiger partial charge is 0.274 e. The molecule has 0 bridgehead atoms. The summed E-state index contributed by atoms with van der Waals surface area (Å²) in [6.45, 7) is 7.61. The summed E-state index contributed by atoms with van der Waals surface area (Å²) in [7, 11) is 0. The van der Waals surface area contributed by atoms with Gasteiger partial charge < -0.3 is 14.7 Å². The number of carbonyl (C=O) groups is 2. The van der Waals surface area contributed by atoms with E-state index in [1.807, 2.05) is 4.90 Å². The zero-order valence-electron chi connectivity index (χ0n) is 20.4. The lowest BCUT2D eigenvalue weighted by molar-refractivity contribution is -0.384. The molecule has 0 aliphatic carbocycles. The Hall–Kier alpha value is -4.21. The number of aryl methyl sites for hydroxylation is 2. The molecule has 2 aliphatic rings. The molecule has 2 aromatic carbocycles. The van der Waals surface area contributed by atoms with Gasteiger partial charge in [-0.1, -0.05) is 12.1 Å². The summed E-state index contributed by atoms with van der Waals surface area (Å²) in [6.07, 6.45) is 0.564. The molecule has 1 fully saturated rings. The fourth-order valence-electron chi connectivity index (χ4n) is 4.91. The van der Waals surface area contributed by atoms with Gasteiger partial charge in [-0.15, -0.1) is 0 Å². The van der Waals surface area contributed by atoms with Crippen molar-refractivity contribution < 1.29 is 14.5 Å². The first-order valence-corrected chi connectivity index (χ1v) is 12.0. The van der Waals surface area contributed by atoms with Crippen LogP contribution in [-0.4, -0.2) is 69.5 Å². The van der Waals surface area contributed by atoms with Crippen LogP contribution in [0.5, 0.6) is 0 Å². The number of H-pyrrole nitrogens is 1. The minimum absolute atomic E-state index is 0.0622. The number of nitro groups is 1. The van der Waals surface area contributed by atoms with E-state index in [0.29, 0.717) is 37.3 Å². The van der Waals surface area contributed by atoms with E-state index < -0.39 is 4.92 Å². The number of piperazine rings is 1. The molecule has 0 unspecified atom stereocenters. The first-order valence-electron chi connectivity index (χ1n) is 12.0. The van der Waals surface area contributed by atoms with Crippen LogP contribution in [0.4, 0.5) is 11.4 Å². The summed E-state index contributed by atoms with van der Waals surface area (Å²) in [4.78, 5) is 42.7. The number of rotatable bonds is 4. The summed E-state index contributed by atoms with van der Waals surface area (Å²) in [6, 6.07) is 12.0. The maximum Gasteiger partial charge on any atom is 0.274 e. The molecule has 186 valence electrons. The second-order valence-corrected chi connectivity index (χ2v) is 9.38. The van der Waals surface area contributed by atoms with Crippen LogP contribution in [-0.2, 0) is 13.0 Å². The van der Waals surface area contributed by atoms with Crippen LogP contribution in [0.2, 0.25) is 0 Å². The summed E-state index contributed by atoms with van der Waals surface area (Å²) in [5.74, 6) is -0.352. The number of nitrogens with zero attached hydrogens (tertiary/aromatic N) is 5. The number of hydrogen-bond donors (Lipinski definition) is 1. The second kappa shape index (κ2) is 9.44. The Balaban J connectivity index is 1.27. The molecule has 2 amide bonds. The molecule has 3 heterocycles. The molecule has 1 aromatic heterocycles. The largest absolute Gasteiger partial charge is 0.368 e. The molecule has 3 aromatic rings. The van der Waals surface area contributed by atoms with E-state index in [-0.39, 0.29) is 24.0 Å². The number of anilines is 1. The molecule has 0 spiro atoms.